The van der Waals surface area contributed by atoms with Crippen LogP contribution in [0.2, 0.25) is 0 Å². The van der Waals surface area contributed by atoms with Crippen molar-refractivity contribution in [3.63, 3.8) is 0 Å². The standard InChI is InChI=1S/C29H29N3O/c1-17-6-8-19(9-7-17)18(2)31-27-5-3-4-24-25-15-21(11-13-26(25)32-28(24)27)20-10-12-23-22(14-20)16-30-29(23)33/h6-15,18,27,31-32H,3-5,16H2,1-2H3,(H,30,33)/t18-,27?/m1/s1. The lowest BCUT2D eigenvalue weighted by molar-refractivity contribution is 0.0966. The molecule has 1 aromatic heterocycles. The van der Waals surface area contributed by atoms with E-state index in [1.54, 1.807) is 0 Å². The maximum Gasteiger partial charge on any atom is 0.251 e. The Kier molecular flexibility index (Phi) is 4.84. The number of amides is 1. The van der Waals surface area contributed by atoms with Crippen LogP contribution in [-0.4, -0.2) is 10.9 Å². The summed E-state index contributed by atoms with van der Waals surface area (Å²) in [6.45, 7) is 5.01. The van der Waals surface area contributed by atoms with Crippen LogP contribution in [0.1, 0.15) is 70.2 Å². The van der Waals surface area contributed by atoms with Crippen LogP contribution in [0.3, 0.4) is 0 Å². The molecular formula is C29H29N3O. The average Bonchev–Trinajstić information content (AvgIpc) is 3.40. The summed E-state index contributed by atoms with van der Waals surface area (Å²) in [6, 6.07) is 22.4. The van der Waals surface area contributed by atoms with Crippen molar-refractivity contribution in [2.75, 3.05) is 0 Å². The number of fused-ring (bicyclic) bond motifs is 4. The Balaban J connectivity index is 1.32. The lowest BCUT2D eigenvalue weighted by Crippen LogP contribution is -2.27. The first-order valence-electron chi connectivity index (χ1n) is 12.0. The Hall–Kier alpha value is -3.37. The normalized spacial score (nSPS) is 18.1. The molecule has 1 amide bonds. The summed E-state index contributed by atoms with van der Waals surface area (Å²) in [5.74, 6) is 0.0325. The molecule has 166 valence electrons. The summed E-state index contributed by atoms with van der Waals surface area (Å²) in [5, 5.41) is 8.12. The van der Waals surface area contributed by atoms with Gasteiger partial charge in [-0.2, -0.15) is 0 Å². The topological polar surface area (TPSA) is 56.9 Å². The Bertz CT molecular complexity index is 1370. The second-order valence-corrected chi connectivity index (χ2v) is 9.58. The Morgan fingerprint density at radius 1 is 1.00 bits per heavy atom. The second-order valence-electron chi connectivity index (χ2n) is 9.58. The lowest BCUT2D eigenvalue weighted by atomic mass is 9.90. The summed E-state index contributed by atoms with van der Waals surface area (Å²) < 4.78 is 0. The smallest absolute Gasteiger partial charge is 0.251 e. The monoisotopic (exact) mass is 435 g/mol. The van der Waals surface area contributed by atoms with Crippen LogP contribution in [0, 0.1) is 6.92 Å². The number of hydrogen-bond acceptors (Lipinski definition) is 2. The fourth-order valence-electron chi connectivity index (χ4n) is 5.47. The lowest BCUT2D eigenvalue weighted by Gasteiger charge is -2.27. The zero-order chi connectivity index (χ0) is 22.5. The maximum atomic E-state index is 11.9. The number of carbonyl (C=O) groups excluding carboxylic acids is 1. The number of nitrogens with one attached hydrogen (secondary N) is 3. The third-order valence-corrected chi connectivity index (χ3v) is 7.36. The Morgan fingerprint density at radius 2 is 1.79 bits per heavy atom. The van der Waals surface area contributed by atoms with E-state index in [-0.39, 0.29) is 5.91 Å². The largest absolute Gasteiger partial charge is 0.357 e. The first kappa shape index (κ1) is 20.3. The molecule has 6 rings (SSSR count). The van der Waals surface area contributed by atoms with Crippen molar-refractivity contribution in [3.8, 4) is 11.1 Å². The number of hydrogen-bond donors (Lipinski definition) is 3. The Morgan fingerprint density at radius 3 is 2.64 bits per heavy atom. The molecule has 0 saturated heterocycles. The number of aromatic amines is 1. The number of carbonyl (C=O) groups is 1. The number of benzene rings is 3. The van der Waals surface area contributed by atoms with E-state index in [9.17, 15) is 4.79 Å². The molecule has 0 fully saturated rings. The van der Waals surface area contributed by atoms with Gasteiger partial charge in [-0.05, 0) is 85.2 Å². The summed E-state index contributed by atoms with van der Waals surface area (Å²) in [7, 11) is 0. The van der Waals surface area contributed by atoms with Crippen molar-refractivity contribution in [1.29, 1.82) is 0 Å². The quantitative estimate of drug-likeness (QED) is 0.362. The van der Waals surface area contributed by atoms with Crippen molar-refractivity contribution in [3.05, 3.63) is 94.2 Å². The molecule has 2 heterocycles. The summed E-state index contributed by atoms with van der Waals surface area (Å²) >= 11 is 0. The molecule has 3 aromatic carbocycles. The summed E-state index contributed by atoms with van der Waals surface area (Å²) in [6.07, 6.45) is 3.45. The van der Waals surface area contributed by atoms with Gasteiger partial charge in [0, 0.05) is 40.8 Å². The van der Waals surface area contributed by atoms with Gasteiger partial charge < -0.3 is 15.6 Å². The number of rotatable bonds is 4. The third kappa shape index (κ3) is 3.55. The van der Waals surface area contributed by atoms with Crippen molar-refractivity contribution >= 4 is 16.8 Å². The molecule has 33 heavy (non-hydrogen) atoms. The molecule has 4 heteroatoms. The van der Waals surface area contributed by atoms with E-state index in [4.69, 9.17) is 0 Å². The first-order valence-corrected chi connectivity index (χ1v) is 12.0. The van der Waals surface area contributed by atoms with E-state index in [1.165, 1.54) is 50.8 Å². The van der Waals surface area contributed by atoms with Crippen molar-refractivity contribution < 1.29 is 4.79 Å². The van der Waals surface area contributed by atoms with Gasteiger partial charge in [0.05, 0.1) is 0 Å². The molecule has 0 radical (unpaired) electrons. The van der Waals surface area contributed by atoms with Crippen LogP contribution < -0.4 is 10.6 Å². The van der Waals surface area contributed by atoms with Crippen LogP contribution >= 0.6 is 0 Å². The highest BCUT2D eigenvalue weighted by atomic mass is 16.1. The van der Waals surface area contributed by atoms with Crippen LogP contribution in [0.25, 0.3) is 22.0 Å². The van der Waals surface area contributed by atoms with E-state index in [2.05, 4.69) is 84.1 Å². The zero-order valence-electron chi connectivity index (χ0n) is 19.2. The van der Waals surface area contributed by atoms with Crippen molar-refractivity contribution in [1.82, 2.24) is 15.6 Å². The van der Waals surface area contributed by atoms with Gasteiger partial charge in [0.15, 0.2) is 0 Å². The predicted octanol–water partition coefficient (Wildman–Crippen LogP) is 6.11. The third-order valence-electron chi connectivity index (χ3n) is 7.36. The molecular weight excluding hydrogens is 406 g/mol. The van der Waals surface area contributed by atoms with Crippen LogP contribution in [0.5, 0.6) is 0 Å². The molecule has 3 N–H and O–H groups in total. The highest BCUT2D eigenvalue weighted by Gasteiger charge is 2.26. The molecule has 4 nitrogen and oxygen atoms in total. The fraction of sp³-hybridized carbons (Fsp3) is 0.276. The highest BCUT2D eigenvalue weighted by molar-refractivity contribution is 5.99. The van der Waals surface area contributed by atoms with Crippen LogP contribution in [0.4, 0.5) is 0 Å². The number of aryl methyl sites for hydroxylation is 2. The van der Waals surface area contributed by atoms with E-state index in [0.29, 0.717) is 18.6 Å². The molecule has 1 unspecified atom stereocenters. The SMILES string of the molecule is Cc1ccc([C@@H](C)NC2CCCc3c2[nH]c2ccc(-c4ccc5c(c4)CNC5=O)cc32)cc1. The van der Waals surface area contributed by atoms with Gasteiger partial charge in [-0.3, -0.25) is 4.79 Å². The Labute approximate surface area is 194 Å². The fourth-order valence-corrected chi connectivity index (χ4v) is 5.47. The molecule has 0 bridgehead atoms. The van der Waals surface area contributed by atoms with Gasteiger partial charge >= 0.3 is 0 Å². The van der Waals surface area contributed by atoms with Crippen LogP contribution in [-0.2, 0) is 13.0 Å². The van der Waals surface area contributed by atoms with Gasteiger partial charge in [0.25, 0.3) is 5.91 Å². The van der Waals surface area contributed by atoms with Gasteiger partial charge in [-0.15, -0.1) is 0 Å². The minimum Gasteiger partial charge on any atom is -0.357 e. The molecule has 1 aliphatic heterocycles. The highest BCUT2D eigenvalue weighted by Crippen LogP contribution is 2.38. The van der Waals surface area contributed by atoms with E-state index < -0.39 is 0 Å². The van der Waals surface area contributed by atoms with E-state index >= 15 is 0 Å². The minimum atomic E-state index is 0.0325. The molecule has 1 aliphatic carbocycles. The maximum absolute atomic E-state index is 11.9. The van der Waals surface area contributed by atoms with Gasteiger partial charge in [0.2, 0.25) is 0 Å². The van der Waals surface area contributed by atoms with Crippen molar-refractivity contribution in [2.24, 2.45) is 0 Å². The van der Waals surface area contributed by atoms with E-state index in [1.807, 2.05) is 6.07 Å². The summed E-state index contributed by atoms with van der Waals surface area (Å²) in [4.78, 5) is 15.6. The zero-order valence-corrected chi connectivity index (χ0v) is 19.2. The molecule has 0 saturated carbocycles. The number of aromatic nitrogens is 1. The van der Waals surface area contributed by atoms with Crippen molar-refractivity contribution in [2.45, 2.75) is 51.7 Å². The molecule has 0 spiro atoms. The van der Waals surface area contributed by atoms with Crippen LogP contribution in [0.15, 0.2) is 60.7 Å². The molecule has 4 aromatic rings. The first-order chi connectivity index (χ1) is 16.1. The van der Waals surface area contributed by atoms with Gasteiger partial charge in [-0.1, -0.05) is 42.0 Å². The second kappa shape index (κ2) is 7.89. The number of H-pyrrole nitrogens is 1. The molecule has 2 aliphatic rings. The summed E-state index contributed by atoms with van der Waals surface area (Å²) in [5.41, 5.74) is 10.9. The molecule has 2 atom stereocenters. The van der Waals surface area contributed by atoms with Gasteiger partial charge in [-0.25, -0.2) is 0 Å². The predicted molar refractivity (Wildman–Crippen MR) is 133 cm³/mol. The van der Waals surface area contributed by atoms with E-state index in [0.717, 1.165) is 24.0 Å². The van der Waals surface area contributed by atoms with Gasteiger partial charge in [0.1, 0.15) is 0 Å². The average molecular weight is 436 g/mol. The minimum absolute atomic E-state index is 0.0325.